The highest BCUT2D eigenvalue weighted by molar-refractivity contribution is 5.95. The Morgan fingerprint density at radius 2 is 1.94 bits per heavy atom. The minimum Gasteiger partial charge on any atom is -0.390 e. The van der Waals surface area contributed by atoms with Crippen LogP contribution in [0.5, 0.6) is 0 Å². The number of hydrogen-bond donors (Lipinski definition) is 1. The number of rotatable bonds is 1. The van der Waals surface area contributed by atoms with Gasteiger partial charge < -0.3 is 5.11 Å². The maximum absolute atomic E-state index is 11.9. The molecule has 1 fully saturated rings. The van der Waals surface area contributed by atoms with Crippen LogP contribution in [-0.4, -0.2) is 16.5 Å². The van der Waals surface area contributed by atoms with E-state index in [0.29, 0.717) is 5.92 Å². The molecule has 0 aromatic carbocycles. The molecule has 1 saturated carbocycles. The Bertz CT molecular complexity index is 371. The number of ketones is 1. The van der Waals surface area contributed by atoms with Gasteiger partial charge in [-0.25, -0.2) is 0 Å². The molecule has 0 aromatic rings. The first-order chi connectivity index (χ1) is 7.62. The molecule has 2 heteroatoms. The van der Waals surface area contributed by atoms with Gasteiger partial charge in [0.2, 0.25) is 0 Å². The average Bonchev–Trinajstić information content (AvgIpc) is 2.41. The predicted molar refractivity (Wildman–Crippen MR) is 68.5 cm³/mol. The lowest BCUT2D eigenvalue weighted by Crippen LogP contribution is -2.42. The summed E-state index contributed by atoms with van der Waals surface area (Å²) in [5, 5.41) is 10.3. The second-order valence-electron chi connectivity index (χ2n) is 7.22. The Labute approximate surface area is 104 Å². The summed E-state index contributed by atoms with van der Waals surface area (Å²) in [5.41, 5.74) is 0.687. The molecule has 0 amide bonds. The number of carbonyl (C=O) groups is 1. The summed E-state index contributed by atoms with van der Waals surface area (Å²) in [5.74, 6) is 0.833. The van der Waals surface area contributed by atoms with Gasteiger partial charge in [0.1, 0.15) is 0 Å². The third-order valence-electron chi connectivity index (χ3n) is 4.57. The van der Waals surface area contributed by atoms with Crippen molar-refractivity contribution < 1.29 is 9.90 Å². The number of fused-ring (bicyclic) bond motifs is 1. The SMILES string of the molecule is C[C@H]1C(=O)C=C2[C@H]1CC(C)(C)C[C@H]2C(C)(C)O. The zero-order chi connectivity index (χ0) is 13.0. The van der Waals surface area contributed by atoms with E-state index in [1.54, 1.807) is 0 Å². The lowest BCUT2D eigenvalue weighted by atomic mass is 9.60. The summed E-state index contributed by atoms with van der Waals surface area (Å²) in [4.78, 5) is 11.9. The Morgan fingerprint density at radius 1 is 1.35 bits per heavy atom. The van der Waals surface area contributed by atoms with Gasteiger partial charge in [0.25, 0.3) is 0 Å². The highest BCUT2D eigenvalue weighted by Crippen LogP contribution is 2.53. The molecule has 0 spiro atoms. The van der Waals surface area contributed by atoms with Crippen molar-refractivity contribution in [1.82, 2.24) is 0 Å². The van der Waals surface area contributed by atoms with Crippen molar-refractivity contribution in [1.29, 1.82) is 0 Å². The van der Waals surface area contributed by atoms with Crippen LogP contribution in [0.4, 0.5) is 0 Å². The van der Waals surface area contributed by atoms with Crippen LogP contribution in [0.1, 0.15) is 47.5 Å². The van der Waals surface area contributed by atoms with Crippen LogP contribution in [0, 0.1) is 23.2 Å². The largest absolute Gasteiger partial charge is 0.390 e. The van der Waals surface area contributed by atoms with Gasteiger partial charge in [0, 0.05) is 11.8 Å². The van der Waals surface area contributed by atoms with Crippen molar-refractivity contribution in [2.24, 2.45) is 23.2 Å². The van der Waals surface area contributed by atoms with Crippen molar-refractivity contribution in [2.45, 2.75) is 53.1 Å². The van der Waals surface area contributed by atoms with Crippen LogP contribution in [0.15, 0.2) is 11.6 Å². The fourth-order valence-electron chi connectivity index (χ4n) is 3.55. The fraction of sp³-hybridized carbons (Fsp3) is 0.800. The Hall–Kier alpha value is -0.630. The normalized spacial score (nSPS) is 36.7. The highest BCUT2D eigenvalue weighted by atomic mass is 16.3. The quantitative estimate of drug-likeness (QED) is 0.760. The van der Waals surface area contributed by atoms with Gasteiger partial charge in [0.05, 0.1) is 5.60 Å². The Morgan fingerprint density at radius 3 is 2.47 bits per heavy atom. The van der Waals surface area contributed by atoms with Crippen LogP contribution < -0.4 is 0 Å². The molecule has 17 heavy (non-hydrogen) atoms. The third kappa shape index (κ3) is 2.20. The smallest absolute Gasteiger partial charge is 0.159 e. The minimum atomic E-state index is -0.730. The van der Waals surface area contributed by atoms with E-state index in [9.17, 15) is 9.90 Å². The van der Waals surface area contributed by atoms with Gasteiger partial charge in [-0.05, 0) is 44.1 Å². The summed E-state index contributed by atoms with van der Waals surface area (Å²) in [6.45, 7) is 10.3. The first kappa shape index (κ1) is 12.8. The molecule has 0 radical (unpaired) electrons. The maximum atomic E-state index is 11.9. The van der Waals surface area contributed by atoms with Crippen molar-refractivity contribution in [2.75, 3.05) is 0 Å². The molecule has 2 aliphatic rings. The summed E-state index contributed by atoms with van der Waals surface area (Å²) >= 11 is 0. The molecule has 0 heterocycles. The van der Waals surface area contributed by atoms with Crippen LogP contribution in [0.25, 0.3) is 0 Å². The monoisotopic (exact) mass is 236 g/mol. The molecule has 3 atom stereocenters. The minimum absolute atomic E-state index is 0.106. The van der Waals surface area contributed by atoms with Crippen molar-refractivity contribution in [3.63, 3.8) is 0 Å². The summed E-state index contributed by atoms with van der Waals surface area (Å²) in [6, 6.07) is 0. The first-order valence-corrected chi connectivity index (χ1v) is 6.59. The van der Waals surface area contributed by atoms with Gasteiger partial charge >= 0.3 is 0 Å². The summed E-state index contributed by atoms with van der Waals surface area (Å²) in [6.07, 6.45) is 3.85. The Kier molecular flexibility index (Phi) is 2.77. The molecule has 0 aromatic heterocycles. The topological polar surface area (TPSA) is 37.3 Å². The lowest BCUT2D eigenvalue weighted by molar-refractivity contribution is -0.118. The van der Waals surface area contributed by atoms with E-state index >= 15 is 0 Å². The van der Waals surface area contributed by atoms with Crippen molar-refractivity contribution in [3.05, 3.63) is 11.6 Å². The van der Waals surface area contributed by atoms with Crippen LogP contribution in [0.2, 0.25) is 0 Å². The molecule has 2 nitrogen and oxygen atoms in total. The highest BCUT2D eigenvalue weighted by Gasteiger charge is 2.48. The average molecular weight is 236 g/mol. The van der Waals surface area contributed by atoms with Crippen LogP contribution in [0.3, 0.4) is 0 Å². The van der Waals surface area contributed by atoms with E-state index in [1.165, 1.54) is 5.57 Å². The molecular formula is C15H24O2. The number of hydrogen-bond acceptors (Lipinski definition) is 2. The van der Waals surface area contributed by atoms with Gasteiger partial charge in [-0.15, -0.1) is 0 Å². The zero-order valence-corrected chi connectivity index (χ0v) is 11.6. The van der Waals surface area contributed by atoms with Crippen LogP contribution in [-0.2, 0) is 4.79 Å². The van der Waals surface area contributed by atoms with Crippen molar-refractivity contribution in [3.8, 4) is 0 Å². The second-order valence-corrected chi connectivity index (χ2v) is 7.22. The summed E-state index contributed by atoms with van der Waals surface area (Å²) in [7, 11) is 0. The van der Waals surface area contributed by atoms with Crippen LogP contribution >= 0.6 is 0 Å². The van der Waals surface area contributed by atoms with E-state index in [2.05, 4.69) is 13.8 Å². The van der Waals surface area contributed by atoms with Gasteiger partial charge in [-0.1, -0.05) is 26.3 Å². The lowest BCUT2D eigenvalue weighted by Gasteiger charge is -2.46. The molecule has 0 aliphatic heterocycles. The molecule has 0 bridgehead atoms. The number of carbonyl (C=O) groups excluding carboxylic acids is 1. The first-order valence-electron chi connectivity index (χ1n) is 6.59. The van der Waals surface area contributed by atoms with Gasteiger partial charge in [0.15, 0.2) is 5.78 Å². The van der Waals surface area contributed by atoms with Crippen molar-refractivity contribution >= 4 is 5.78 Å². The van der Waals surface area contributed by atoms with E-state index in [4.69, 9.17) is 0 Å². The molecule has 0 saturated heterocycles. The predicted octanol–water partition coefficient (Wildman–Crippen LogP) is 2.95. The van der Waals surface area contributed by atoms with E-state index < -0.39 is 5.60 Å². The number of allylic oxidation sites excluding steroid dienone is 1. The zero-order valence-electron chi connectivity index (χ0n) is 11.6. The maximum Gasteiger partial charge on any atom is 0.159 e. The molecule has 0 unspecified atom stereocenters. The van der Waals surface area contributed by atoms with E-state index in [-0.39, 0.29) is 23.0 Å². The molecule has 1 N–H and O–H groups in total. The summed E-state index contributed by atoms with van der Waals surface area (Å²) < 4.78 is 0. The molecule has 96 valence electrons. The van der Waals surface area contributed by atoms with Gasteiger partial charge in [-0.2, -0.15) is 0 Å². The van der Waals surface area contributed by atoms with E-state index in [0.717, 1.165) is 12.8 Å². The molecule has 2 aliphatic carbocycles. The molecule has 2 rings (SSSR count). The Balaban J connectivity index is 2.39. The van der Waals surface area contributed by atoms with Gasteiger partial charge in [-0.3, -0.25) is 4.79 Å². The fourth-order valence-corrected chi connectivity index (χ4v) is 3.55. The molecular weight excluding hydrogens is 212 g/mol. The second kappa shape index (κ2) is 3.68. The third-order valence-corrected chi connectivity index (χ3v) is 4.57. The van der Waals surface area contributed by atoms with E-state index in [1.807, 2.05) is 26.8 Å². The number of aliphatic hydroxyl groups is 1. The standard InChI is InChI=1S/C15H24O2/c1-9-11-7-14(2,3)8-12(15(4,5)17)10(11)6-13(9)16/h6,9,11-12,17H,7-8H2,1-5H3/t9-,11+,12-/m1/s1.